The molecule has 0 unspecified atom stereocenters. The predicted octanol–water partition coefficient (Wildman–Crippen LogP) is 4.69. The second-order valence-corrected chi connectivity index (χ2v) is 5.87. The number of pyridine rings is 1. The topological polar surface area (TPSA) is 54.0 Å². The van der Waals surface area contributed by atoms with Gasteiger partial charge in [0.1, 0.15) is 5.82 Å². The quantitative estimate of drug-likeness (QED) is 0.682. The summed E-state index contributed by atoms with van der Waals surface area (Å²) in [7, 11) is 0. The van der Waals surface area contributed by atoms with E-state index in [1.807, 2.05) is 18.2 Å². The van der Waals surface area contributed by atoms with Crippen LogP contribution in [-0.4, -0.2) is 10.9 Å². The first-order valence-corrected chi connectivity index (χ1v) is 8.10. The van der Waals surface area contributed by atoms with E-state index in [1.54, 1.807) is 18.2 Å². The molecule has 0 saturated heterocycles. The van der Waals surface area contributed by atoms with E-state index in [2.05, 4.69) is 15.6 Å². The van der Waals surface area contributed by atoms with Gasteiger partial charge in [0.15, 0.2) is 11.6 Å². The molecule has 1 amide bonds. The predicted molar refractivity (Wildman–Crippen MR) is 96.5 cm³/mol. The molecular formula is C19H14ClF2N3O. The van der Waals surface area contributed by atoms with Crippen LogP contribution in [0.5, 0.6) is 0 Å². The number of nitrogens with one attached hydrogen (secondary N) is 2. The SMILES string of the molecule is O=C(NCc1ccccc1Cl)c1ccc(Nc2ccc(F)c(F)c2)nc1. The lowest BCUT2D eigenvalue weighted by molar-refractivity contribution is 0.0950. The van der Waals surface area contributed by atoms with E-state index >= 15 is 0 Å². The average Bonchev–Trinajstić information content (AvgIpc) is 2.64. The van der Waals surface area contributed by atoms with Crippen molar-refractivity contribution in [2.24, 2.45) is 0 Å². The van der Waals surface area contributed by atoms with Crippen molar-refractivity contribution >= 4 is 29.0 Å². The third-order valence-electron chi connectivity index (χ3n) is 3.61. The van der Waals surface area contributed by atoms with Crippen molar-refractivity contribution in [3.8, 4) is 0 Å². The second kappa shape index (κ2) is 7.93. The Balaban J connectivity index is 1.62. The number of aromatic nitrogens is 1. The van der Waals surface area contributed by atoms with Crippen molar-refractivity contribution in [1.29, 1.82) is 0 Å². The highest BCUT2D eigenvalue weighted by atomic mass is 35.5. The number of hydrogen-bond acceptors (Lipinski definition) is 3. The number of hydrogen-bond donors (Lipinski definition) is 2. The van der Waals surface area contributed by atoms with Crippen LogP contribution in [0.3, 0.4) is 0 Å². The summed E-state index contributed by atoms with van der Waals surface area (Å²) in [5.74, 6) is -1.77. The number of nitrogens with zero attached hydrogens (tertiary/aromatic N) is 1. The minimum absolute atomic E-state index is 0.295. The minimum Gasteiger partial charge on any atom is -0.348 e. The number of carbonyl (C=O) groups excluding carboxylic acids is 1. The third kappa shape index (κ3) is 4.34. The molecule has 0 atom stereocenters. The fraction of sp³-hybridized carbons (Fsp3) is 0.0526. The van der Waals surface area contributed by atoms with Gasteiger partial charge in [-0.2, -0.15) is 0 Å². The molecule has 0 saturated carbocycles. The lowest BCUT2D eigenvalue weighted by atomic mass is 10.2. The maximum Gasteiger partial charge on any atom is 0.253 e. The van der Waals surface area contributed by atoms with Gasteiger partial charge in [0, 0.05) is 29.5 Å². The van der Waals surface area contributed by atoms with E-state index in [0.29, 0.717) is 28.6 Å². The van der Waals surface area contributed by atoms with Crippen molar-refractivity contribution in [3.05, 3.63) is 88.6 Å². The number of amides is 1. The van der Waals surface area contributed by atoms with E-state index in [4.69, 9.17) is 11.6 Å². The number of anilines is 2. The Hall–Kier alpha value is -2.99. The van der Waals surface area contributed by atoms with Crippen LogP contribution in [0, 0.1) is 11.6 Å². The van der Waals surface area contributed by atoms with E-state index < -0.39 is 11.6 Å². The van der Waals surface area contributed by atoms with Crippen molar-refractivity contribution in [1.82, 2.24) is 10.3 Å². The van der Waals surface area contributed by atoms with Gasteiger partial charge in [-0.05, 0) is 35.9 Å². The highest BCUT2D eigenvalue weighted by molar-refractivity contribution is 6.31. The third-order valence-corrected chi connectivity index (χ3v) is 3.98. The molecule has 0 fully saturated rings. The molecule has 3 rings (SSSR count). The van der Waals surface area contributed by atoms with Crippen LogP contribution in [0.25, 0.3) is 0 Å². The summed E-state index contributed by atoms with van der Waals surface area (Å²) in [6.45, 7) is 0.299. The Morgan fingerprint density at radius 2 is 1.85 bits per heavy atom. The number of carbonyl (C=O) groups is 1. The van der Waals surface area contributed by atoms with Crippen molar-refractivity contribution in [2.75, 3.05) is 5.32 Å². The summed E-state index contributed by atoms with van der Waals surface area (Å²) in [4.78, 5) is 16.3. The van der Waals surface area contributed by atoms with Gasteiger partial charge in [0.25, 0.3) is 5.91 Å². The molecule has 0 bridgehead atoms. The van der Waals surface area contributed by atoms with Gasteiger partial charge in [0.05, 0.1) is 5.56 Å². The smallest absolute Gasteiger partial charge is 0.253 e. The zero-order valence-corrected chi connectivity index (χ0v) is 14.2. The maximum atomic E-state index is 13.2. The zero-order chi connectivity index (χ0) is 18.5. The summed E-state index contributed by atoms with van der Waals surface area (Å²) in [5.41, 5.74) is 1.53. The number of halogens is 3. The molecule has 7 heteroatoms. The minimum atomic E-state index is -0.953. The van der Waals surface area contributed by atoms with E-state index in [0.717, 1.165) is 17.7 Å². The monoisotopic (exact) mass is 373 g/mol. The van der Waals surface area contributed by atoms with Gasteiger partial charge in [-0.1, -0.05) is 29.8 Å². The molecule has 0 aliphatic carbocycles. The largest absolute Gasteiger partial charge is 0.348 e. The van der Waals surface area contributed by atoms with Crippen molar-refractivity contribution in [2.45, 2.75) is 6.54 Å². The molecule has 4 nitrogen and oxygen atoms in total. The number of benzene rings is 2. The molecule has 132 valence electrons. The molecule has 0 radical (unpaired) electrons. The van der Waals surface area contributed by atoms with Crippen LogP contribution in [-0.2, 0) is 6.54 Å². The van der Waals surface area contributed by atoms with Crippen LogP contribution in [0.4, 0.5) is 20.3 Å². The van der Waals surface area contributed by atoms with E-state index in [1.165, 1.54) is 12.3 Å². The van der Waals surface area contributed by atoms with Gasteiger partial charge < -0.3 is 10.6 Å². The molecule has 0 aliphatic rings. The van der Waals surface area contributed by atoms with Gasteiger partial charge in [-0.3, -0.25) is 4.79 Å². The van der Waals surface area contributed by atoms with Gasteiger partial charge in [-0.25, -0.2) is 13.8 Å². The molecule has 1 heterocycles. The van der Waals surface area contributed by atoms with E-state index in [-0.39, 0.29) is 5.91 Å². The summed E-state index contributed by atoms with van der Waals surface area (Å²) in [6.07, 6.45) is 1.39. The molecule has 3 aromatic rings. The van der Waals surface area contributed by atoms with Gasteiger partial charge in [0.2, 0.25) is 0 Å². The molecule has 2 aromatic carbocycles. The average molecular weight is 374 g/mol. The normalized spacial score (nSPS) is 10.4. The molecule has 2 N–H and O–H groups in total. The summed E-state index contributed by atoms with van der Waals surface area (Å²) < 4.78 is 26.1. The lowest BCUT2D eigenvalue weighted by Crippen LogP contribution is -2.23. The first kappa shape index (κ1) is 17.8. The van der Waals surface area contributed by atoms with Crippen LogP contribution < -0.4 is 10.6 Å². The first-order valence-electron chi connectivity index (χ1n) is 7.72. The molecule has 0 spiro atoms. The Morgan fingerprint density at radius 3 is 2.54 bits per heavy atom. The van der Waals surface area contributed by atoms with Crippen LogP contribution in [0.2, 0.25) is 5.02 Å². The summed E-state index contributed by atoms with van der Waals surface area (Å²) >= 11 is 6.05. The first-order chi connectivity index (χ1) is 12.5. The molecular weight excluding hydrogens is 360 g/mol. The summed E-state index contributed by atoms with van der Waals surface area (Å²) in [6, 6.07) is 13.8. The highest BCUT2D eigenvalue weighted by Gasteiger charge is 2.08. The summed E-state index contributed by atoms with van der Waals surface area (Å²) in [5, 5.41) is 6.18. The highest BCUT2D eigenvalue weighted by Crippen LogP contribution is 2.18. The van der Waals surface area contributed by atoms with Crippen LogP contribution in [0.1, 0.15) is 15.9 Å². The van der Waals surface area contributed by atoms with Crippen molar-refractivity contribution < 1.29 is 13.6 Å². The standard InChI is InChI=1S/C19H14ClF2N3O/c20-15-4-2-1-3-12(15)10-24-19(26)13-5-8-18(23-11-13)25-14-6-7-16(21)17(22)9-14/h1-9,11H,10H2,(H,23,25)(H,24,26). The van der Waals surface area contributed by atoms with Crippen LogP contribution >= 0.6 is 11.6 Å². The fourth-order valence-electron chi connectivity index (χ4n) is 2.24. The molecule has 26 heavy (non-hydrogen) atoms. The Labute approximate surface area is 153 Å². The Kier molecular flexibility index (Phi) is 5.43. The Bertz CT molecular complexity index is 932. The van der Waals surface area contributed by atoms with E-state index in [9.17, 15) is 13.6 Å². The second-order valence-electron chi connectivity index (χ2n) is 5.46. The van der Waals surface area contributed by atoms with Crippen LogP contribution in [0.15, 0.2) is 60.8 Å². The van der Waals surface area contributed by atoms with Gasteiger partial charge >= 0.3 is 0 Å². The number of rotatable bonds is 5. The Morgan fingerprint density at radius 1 is 1.04 bits per heavy atom. The van der Waals surface area contributed by atoms with Gasteiger partial charge in [-0.15, -0.1) is 0 Å². The molecule has 0 aliphatic heterocycles. The lowest BCUT2D eigenvalue weighted by Gasteiger charge is -2.08. The zero-order valence-electron chi connectivity index (χ0n) is 13.5. The maximum absolute atomic E-state index is 13.2. The van der Waals surface area contributed by atoms with Crippen molar-refractivity contribution in [3.63, 3.8) is 0 Å². The molecule has 1 aromatic heterocycles. The fourth-order valence-corrected chi connectivity index (χ4v) is 2.45.